The molecular formula is C14H15N3O2S. The van der Waals surface area contributed by atoms with Crippen molar-refractivity contribution in [3.05, 3.63) is 40.9 Å². The second-order valence-electron chi connectivity index (χ2n) is 4.89. The molecule has 1 aliphatic rings. The zero-order chi connectivity index (χ0) is 13.9. The molecule has 0 bridgehead atoms. The molecule has 1 aromatic heterocycles. The van der Waals surface area contributed by atoms with Gasteiger partial charge in [0.25, 0.3) is 5.91 Å². The lowest BCUT2D eigenvalue weighted by molar-refractivity contribution is 0.0397. The third kappa shape index (κ3) is 2.65. The average Bonchev–Trinajstić information content (AvgIpc) is 2.84. The highest BCUT2D eigenvalue weighted by atomic mass is 32.1. The van der Waals surface area contributed by atoms with E-state index in [1.54, 1.807) is 0 Å². The van der Waals surface area contributed by atoms with E-state index < -0.39 is 0 Å². The highest BCUT2D eigenvalue weighted by molar-refractivity contribution is 7.07. The van der Waals surface area contributed by atoms with Gasteiger partial charge in [-0.25, -0.2) is 0 Å². The molecule has 1 aromatic carbocycles. The molecule has 1 aliphatic heterocycles. The minimum absolute atomic E-state index is 0.0356. The summed E-state index contributed by atoms with van der Waals surface area (Å²) in [5.74, 6) is 1.31. The van der Waals surface area contributed by atoms with Crippen molar-refractivity contribution in [1.82, 2.24) is 14.5 Å². The van der Waals surface area contributed by atoms with Gasteiger partial charge in [-0.05, 0) is 30.6 Å². The van der Waals surface area contributed by atoms with Gasteiger partial charge in [0.05, 0.1) is 12.3 Å². The number of nitrogens with zero attached hydrogens (tertiary/aromatic N) is 3. The molecular weight excluding hydrogens is 274 g/mol. The highest BCUT2D eigenvalue weighted by Crippen LogP contribution is 2.22. The molecule has 0 saturated carbocycles. The second-order valence-corrected chi connectivity index (χ2v) is 5.64. The van der Waals surface area contributed by atoms with Crippen LogP contribution in [0.3, 0.4) is 0 Å². The van der Waals surface area contributed by atoms with E-state index in [1.807, 2.05) is 42.2 Å². The fourth-order valence-electron chi connectivity index (χ4n) is 2.14. The summed E-state index contributed by atoms with van der Waals surface area (Å²) in [5, 5.41) is 3.87. The fourth-order valence-corrected chi connectivity index (χ4v) is 2.77. The molecule has 104 valence electrons. The van der Waals surface area contributed by atoms with Gasteiger partial charge in [-0.1, -0.05) is 22.7 Å². The maximum absolute atomic E-state index is 12.1. The summed E-state index contributed by atoms with van der Waals surface area (Å²) in [7, 11) is 0. The Kier molecular flexibility index (Phi) is 3.64. The quantitative estimate of drug-likeness (QED) is 0.864. The average molecular weight is 289 g/mol. The second kappa shape index (κ2) is 5.58. The van der Waals surface area contributed by atoms with Crippen LogP contribution in [0, 0.1) is 12.8 Å². The molecule has 5 nitrogen and oxygen atoms in total. The van der Waals surface area contributed by atoms with Crippen LogP contribution in [0.1, 0.15) is 15.4 Å². The summed E-state index contributed by atoms with van der Waals surface area (Å²) in [6, 6.07) is 9.74. The van der Waals surface area contributed by atoms with Gasteiger partial charge < -0.3 is 9.64 Å². The lowest BCUT2D eigenvalue weighted by Crippen LogP contribution is -2.52. The maximum atomic E-state index is 12.1. The largest absolute Gasteiger partial charge is 0.493 e. The van der Waals surface area contributed by atoms with Gasteiger partial charge >= 0.3 is 0 Å². The fraction of sp³-hybridized carbons (Fsp3) is 0.357. The van der Waals surface area contributed by atoms with Gasteiger partial charge in [0.1, 0.15) is 10.6 Å². The van der Waals surface area contributed by atoms with Crippen LogP contribution in [0.5, 0.6) is 5.75 Å². The molecule has 0 N–H and O–H groups in total. The standard InChI is InChI=1S/C14H15N3O2S/c1-10-13(20-16-15-10)14(18)17-7-11(8-17)9-19-12-5-3-2-4-6-12/h2-6,11H,7-9H2,1H3. The first-order valence-electron chi connectivity index (χ1n) is 6.50. The Morgan fingerprint density at radius 1 is 1.40 bits per heavy atom. The Morgan fingerprint density at radius 2 is 2.15 bits per heavy atom. The van der Waals surface area contributed by atoms with Crippen molar-refractivity contribution in [3.63, 3.8) is 0 Å². The number of carbonyl (C=O) groups is 1. The van der Waals surface area contributed by atoms with Crippen LogP contribution in [0.2, 0.25) is 0 Å². The number of hydrogen-bond donors (Lipinski definition) is 0. The van der Waals surface area contributed by atoms with Crippen molar-refractivity contribution in [2.24, 2.45) is 5.92 Å². The first-order chi connectivity index (χ1) is 9.74. The lowest BCUT2D eigenvalue weighted by Gasteiger charge is -2.38. The van der Waals surface area contributed by atoms with E-state index in [2.05, 4.69) is 9.59 Å². The summed E-state index contributed by atoms with van der Waals surface area (Å²) in [6.07, 6.45) is 0. The third-order valence-corrected chi connectivity index (χ3v) is 4.13. The summed E-state index contributed by atoms with van der Waals surface area (Å²) in [4.78, 5) is 14.6. The molecule has 3 rings (SSSR count). The van der Waals surface area contributed by atoms with E-state index in [0.29, 0.717) is 23.1 Å². The molecule has 1 saturated heterocycles. The third-order valence-electron chi connectivity index (χ3n) is 3.32. The van der Waals surface area contributed by atoms with Crippen molar-refractivity contribution in [2.75, 3.05) is 19.7 Å². The molecule has 1 fully saturated rings. The molecule has 2 aromatic rings. The van der Waals surface area contributed by atoms with Crippen molar-refractivity contribution < 1.29 is 9.53 Å². The monoisotopic (exact) mass is 289 g/mol. The van der Waals surface area contributed by atoms with Crippen molar-refractivity contribution in [2.45, 2.75) is 6.92 Å². The van der Waals surface area contributed by atoms with Crippen molar-refractivity contribution in [3.8, 4) is 5.75 Å². The number of para-hydroxylation sites is 1. The Hall–Kier alpha value is -1.95. The first kappa shape index (κ1) is 13.1. The van der Waals surface area contributed by atoms with Crippen LogP contribution in [0.25, 0.3) is 0 Å². The van der Waals surface area contributed by atoms with Gasteiger partial charge in [0, 0.05) is 19.0 Å². The molecule has 20 heavy (non-hydrogen) atoms. The van der Waals surface area contributed by atoms with Crippen LogP contribution in [0.4, 0.5) is 0 Å². The van der Waals surface area contributed by atoms with Crippen molar-refractivity contribution >= 4 is 17.4 Å². The minimum atomic E-state index is 0.0356. The van der Waals surface area contributed by atoms with Gasteiger partial charge in [-0.15, -0.1) is 5.10 Å². The number of aryl methyl sites for hydroxylation is 1. The smallest absolute Gasteiger partial charge is 0.267 e. The molecule has 0 unspecified atom stereocenters. The lowest BCUT2D eigenvalue weighted by atomic mass is 10.0. The van der Waals surface area contributed by atoms with Gasteiger partial charge in [0.15, 0.2) is 0 Å². The summed E-state index contributed by atoms with van der Waals surface area (Å²) in [6.45, 7) is 3.94. The number of rotatable bonds is 4. The number of amides is 1. The van der Waals surface area contributed by atoms with E-state index in [4.69, 9.17) is 4.74 Å². The topological polar surface area (TPSA) is 55.3 Å². The molecule has 0 radical (unpaired) electrons. The number of benzene rings is 1. The van der Waals surface area contributed by atoms with E-state index >= 15 is 0 Å². The molecule has 0 aliphatic carbocycles. The van der Waals surface area contributed by atoms with Crippen LogP contribution < -0.4 is 4.74 Å². The molecule has 0 atom stereocenters. The van der Waals surface area contributed by atoms with E-state index in [9.17, 15) is 4.79 Å². The number of hydrogen-bond acceptors (Lipinski definition) is 5. The Labute approximate surface area is 121 Å². The van der Waals surface area contributed by atoms with E-state index in [1.165, 1.54) is 0 Å². The van der Waals surface area contributed by atoms with Crippen LogP contribution >= 0.6 is 11.5 Å². The Bertz CT molecular complexity index is 593. The summed E-state index contributed by atoms with van der Waals surface area (Å²) < 4.78 is 9.49. The number of ether oxygens (including phenoxy) is 1. The number of likely N-dealkylation sites (tertiary alicyclic amines) is 1. The molecule has 0 spiro atoms. The number of aromatic nitrogens is 2. The predicted molar refractivity (Wildman–Crippen MR) is 76.0 cm³/mol. The summed E-state index contributed by atoms with van der Waals surface area (Å²) in [5.41, 5.74) is 0.712. The van der Waals surface area contributed by atoms with Crippen LogP contribution in [-0.2, 0) is 0 Å². The summed E-state index contributed by atoms with van der Waals surface area (Å²) >= 11 is 1.16. The molecule has 2 heterocycles. The first-order valence-corrected chi connectivity index (χ1v) is 7.27. The zero-order valence-electron chi connectivity index (χ0n) is 11.2. The van der Waals surface area contributed by atoms with Crippen LogP contribution in [-0.4, -0.2) is 40.1 Å². The van der Waals surface area contributed by atoms with Gasteiger partial charge in [-0.3, -0.25) is 4.79 Å². The maximum Gasteiger partial charge on any atom is 0.267 e. The van der Waals surface area contributed by atoms with E-state index in [-0.39, 0.29) is 5.91 Å². The van der Waals surface area contributed by atoms with Gasteiger partial charge in [0.2, 0.25) is 0 Å². The molecule has 6 heteroatoms. The van der Waals surface area contributed by atoms with Crippen LogP contribution in [0.15, 0.2) is 30.3 Å². The molecule has 1 amide bonds. The Morgan fingerprint density at radius 3 is 2.80 bits per heavy atom. The minimum Gasteiger partial charge on any atom is -0.493 e. The SMILES string of the molecule is Cc1nnsc1C(=O)N1CC(COc2ccccc2)C1. The zero-order valence-corrected chi connectivity index (χ0v) is 12.0. The van der Waals surface area contributed by atoms with Crippen molar-refractivity contribution in [1.29, 1.82) is 0 Å². The normalized spacial score (nSPS) is 14.9. The number of carbonyl (C=O) groups excluding carboxylic acids is 1. The Balaban J connectivity index is 1.47. The highest BCUT2D eigenvalue weighted by Gasteiger charge is 2.33. The predicted octanol–water partition coefficient (Wildman–Crippen LogP) is 2.00. The van der Waals surface area contributed by atoms with Gasteiger partial charge in [-0.2, -0.15) is 0 Å². The van der Waals surface area contributed by atoms with E-state index in [0.717, 1.165) is 30.4 Å².